The van der Waals surface area contributed by atoms with E-state index in [1.807, 2.05) is 0 Å². The van der Waals surface area contributed by atoms with Crippen molar-refractivity contribution in [1.29, 1.82) is 0 Å². The Hall–Kier alpha value is -5.06. The van der Waals surface area contributed by atoms with Crippen molar-refractivity contribution in [2.24, 2.45) is 0 Å². The first-order valence-electron chi connectivity index (χ1n) is 10.7. The topological polar surface area (TPSA) is 148 Å². The maximum absolute atomic E-state index is 12.7. The van der Waals surface area contributed by atoms with Crippen molar-refractivity contribution in [3.63, 3.8) is 0 Å². The van der Waals surface area contributed by atoms with E-state index in [4.69, 9.17) is 18.9 Å². The fraction of sp³-hybridized carbons (Fsp3) is 0.154. The number of rotatable bonds is 11. The highest BCUT2D eigenvalue weighted by Crippen LogP contribution is 2.21. The molecule has 0 radical (unpaired) electrons. The lowest BCUT2D eigenvalue weighted by Crippen LogP contribution is -2.20. The van der Waals surface area contributed by atoms with Crippen LogP contribution in [0.4, 0.5) is 5.69 Å². The van der Waals surface area contributed by atoms with E-state index in [-0.39, 0.29) is 16.7 Å². The molecule has 0 heterocycles. The van der Waals surface area contributed by atoms with Crippen molar-refractivity contribution in [3.8, 4) is 11.5 Å². The molecular weight excluding hydrogens is 486 g/mol. The second-order valence-electron chi connectivity index (χ2n) is 7.44. The zero-order valence-corrected chi connectivity index (χ0v) is 19.8. The van der Waals surface area contributed by atoms with E-state index in [9.17, 15) is 29.3 Å². The summed E-state index contributed by atoms with van der Waals surface area (Å²) in [6, 6.07) is 15.0. The van der Waals surface area contributed by atoms with Crippen LogP contribution in [0.15, 0.2) is 66.7 Å². The highest BCUT2D eigenvalue weighted by Gasteiger charge is 2.24. The van der Waals surface area contributed by atoms with Gasteiger partial charge in [-0.25, -0.2) is 9.59 Å². The van der Waals surface area contributed by atoms with Crippen LogP contribution >= 0.6 is 0 Å². The number of nitro groups is 1. The van der Waals surface area contributed by atoms with Gasteiger partial charge in [0.1, 0.15) is 11.5 Å². The van der Waals surface area contributed by atoms with Gasteiger partial charge in [0.25, 0.3) is 5.69 Å². The predicted molar refractivity (Wildman–Crippen MR) is 128 cm³/mol. The minimum Gasteiger partial charge on any atom is -0.497 e. The van der Waals surface area contributed by atoms with Gasteiger partial charge in [0.15, 0.2) is 24.8 Å². The minimum absolute atomic E-state index is 0.240. The third kappa shape index (κ3) is 6.75. The van der Waals surface area contributed by atoms with Gasteiger partial charge in [0, 0.05) is 23.3 Å². The number of Topliss-reactive ketones (excluding diaryl/α,β-unsaturated/α-hetero) is 2. The molecule has 0 fully saturated rings. The maximum Gasteiger partial charge on any atom is 0.339 e. The molecule has 0 N–H and O–H groups in total. The lowest BCUT2D eigenvalue weighted by atomic mass is 10.1. The standard InChI is InChI=1S/C26H21NO10/c1-34-19-8-3-16(4-9-19)23(28)14-36-25(30)21-12-7-18(27(32)33)13-22(21)26(31)37-15-24(29)17-5-10-20(35-2)11-6-17/h3-13H,14-15H2,1-2H3. The molecule has 3 rings (SSSR count). The van der Waals surface area contributed by atoms with Gasteiger partial charge in [0.2, 0.25) is 0 Å². The summed E-state index contributed by atoms with van der Waals surface area (Å²) in [5.74, 6) is -2.24. The average Bonchev–Trinajstić information content (AvgIpc) is 2.93. The summed E-state index contributed by atoms with van der Waals surface area (Å²) in [7, 11) is 2.94. The first-order chi connectivity index (χ1) is 17.7. The Morgan fingerprint density at radius 3 is 1.51 bits per heavy atom. The lowest BCUT2D eigenvalue weighted by Gasteiger charge is -2.10. The van der Waals surface area contributed by atoms with Crippen molar-refractivity contribution in [2.75, 3.05) is 27.4 Å². The van der Waals surface area contributed by atoms with Crippen LogP contribution in [0, 0.1) is 10.1 Å². The average molecular weight is 507 g/mol. The number of ketones is 2. The van der Waals surface area contributed by atoms with Crippen LogP contribution in [0.2, 0.25) is 0 Å². The molecule has 0 saturated heterocycles. The van der Waals surface area contributed by atoms with E-state index >= 15 is 0 Å². The number of methoxy groups -OCH3 is 2. The molecule has 3 aromatic rings. The van der Waals surface area contributed by atoms with Crippen molar-refractivity contribution < 1.29 is 43.0 Å². The van der Waals surface area contributed by atoms with Crippen LogP contribution in [-0.2, 0) is 9.47 Å². The summed E-state index contributed by atoms with van der Waals surface area (Å²) in [6.45, 7) is -1.33. The van der Waals surface area contributed by atoms with E-state index < -0.39 is 52.9 Å². The molecule has 0 saturated carbocycles. The van der Waals surface area contributed by atoms with Crippen molar-refractivity contribution >= 4 is 29.2 Å². The van der Waals surface area contributed by atoms with E-state index in [0.29, 0.717) is 11.5 Å². The predicted octanol–water partition coefficient (Wildman–Crippen LogP) is 3.69. The minimum atomic E-state index is -1.15. The highest BCUT2D eigenvalue weighted by molar-refractivity contribution is 6.06. The zero-order valence-electron chi connectivity index (χ0n) is 19.8. The molecule has 3 aromatic carbocycles. The summed E-state index contributed by atoms with van der Waals surface area (Å²) in [6.07, 6.45) is 0. The molecule has 0 spiro atoms. The van der Waals surface area contributed by atoms with Gasteiger partial charge >= 0.3 is 11.9 Å². The van der Waals surface area contributed by atoms with Crippen molar-refractivity contribution in [3.05, 3.63) is 99.1 Å². The van der Waals surface area contributed by atoms with Gasteiger partial charge in [0.05, 0.1) is 30.3 Å². The van der Waals surface area contributed by atoms with E-state index in [2.05, 4.69) is 0 Å². The van der Waals surface area contributed by atoms with Crippen LogP contribution < -0.4 is 9.47 Å². The highest BCUT2D eigenvalue weighted by atomic mass is 16.6. The number of nitro benzene ring substituents is 1. The number of hydrogen-bond acceptors (Lipinski definition) is 10. The molecule has 0 unspecified atom stereocenters. The largest absolute Gasteiger partial charge is 0.497 e. The second kappa shape index (κ2) is 12.1. The van der Waals surface area contributed by atoms with E-state index in [0.717, 1.165) is 18.2 Å². The molecule has 0 aliphatic rings. The normalized spacial score (nSPS) is 10.2. The zero-order chi connectivity index (χ0) is 26.9. The SMILES string of the molecule is COc1ccc(C(=O)COC(=O)c2ccc([N+](=O)[O-])cc2C(=O)OCC(=O)c2ccc(OC)cc2)cc1. The molecule has 0 bridgehead atoms. The van der Waals surface area contributed by atoms with Gasteiger partial charge in [-0.3, -0.25) is 19.7 Å². The Labute approximate surface area is 210 Å². The lowest BCUT2D eigenvalue weighted by molar-refractivity contribution is -0.384. The second-order valence-corrected chi connectivity index (χ2v) is 7.44. The van der Waals surface area contributed by atoms with Gasteiger partial charge in [-0.15, -0.1) is 0 Å². The molecule has 11 heteroatoms. The molecule has 11 nitrogen and oxygen atoms in total. The quantitative estimate of drug-likeness (QED) is 0.163. The Kier molecular flexibility index (Phi) is 8.66. The number of esters is 2. The summed E-state index contributed by atoms with van der Waals surface area (Å²) in [5, 5.41) is 11.2. The smallest absolute Gasteiger partial charge is 0.339 e. The number of ether oxygens (including phenoxy) is 4. The number of nitrogens with zero attached hydrogens (tertiary/aromatic N) is 1. The van der Waals surface area contributed by atoms with E-state index in [1.54, 1.807) is 24.3 Å². The molecule has 0 aliphatic carbocycles. The summed E-state index contributed by atoms with van der Waals surface area (Å²) >= 11 is 0. The third-order valence-electron chi connectivity index (χ3n) is 5.15. The molecule has 0 aromatic heterocycles. The monoisotopic (exact) mass is 507 g/mol. The van der Waals surface area contributed by atoms with E-state index in [1.165, 1.54) is 38.5 Å². The Balaban J connectivity index is 1.72. The van der Waals surface area contributed by atoms with Crippen LogP contribution in [0.3, 0.4) is 0 Å². The van der Waals surface area contributed by atoms with Crippen LogP contribution in [-0.4, -0.2) is 55.9 Å². The van der Waals surface area contributed by atoms with Crippen LogP contribution in [0.1, 0.15) is 41.4 Å². The number of benzene rings is 3. The third-order valence-corrected chi connectivity index (χ3v) is 5.15. The fourth-order valence-electron chi connectivity index (χ4n) is 3.13. The molecule has 190 valence electrons. The fourth-order valence-corrected chi connectivity index (χ4v) is 3.13. The maximum atomic E-state index is 12.7. The summed E-state index contributed by atoms with van der Waals surface area (Å²) < 4.78 is 20.1. The Morgan fingerprint density at radius 1 is 0.676 bits per heavy atom. The van der Waals surface area contributed by atoms with Gasteiger partial charge < -0.3 is 18.9 Å². The number of carbonyl (C=O) groups excluding carboxylic acids is 4. The Bertz CT molecular complexity index is 1330. The van der Waals surface area contributed by atoms with Crippen LogP contribution in [0.25, 0.3) is 0 Å². The number of non-ortho nitro benzene ring substituents is 1. The number of hydrogen-bond donors (Lipinski definition) is 0. The summed E-state index contributed by atoms with van der Waals surface area (Å²) in [4.78, 5) is 60.5. The molecule has 0 aliphatic heterocycles. The molecular formula is C26H21NO10. The van der Waals surface area contributed by atoms with Crippen LogP contribution in [0.5, 0.6) is 11.5 Å². The first kappa shape index (κ1) is 26.5. The van der Waals surface area contributed by atoms with Gasteiger partial charge in [-0.05, 0) is 54.6 Å². The first-order valence-corrected chi connectivity index (χ1v) is 10.7. The van der Waals surface area contributed by atoms with Crippen molar-refractivity contribution in [2.45, 2.75) is 0 Å². The van der Waals surface area contributed by atoms with Crippen molar-refractivity contribution in [1.82, 2.24) is 0 Å². The molecule has 0 amide bonds. The summed E-state index contributed by atoms with van der Waals surface area (Å²) in [5.41, 5.74) is -0.841. The number of carbonyl (C=O) groups is 4. The molecule has 0 atom stereocenters. The molecule has 37 heavy (non-hydrogen) atoms. The van der Waals surface area contributed by atoms with Gasteiger partial charge in [-0.2, -0.15) is 0 Å². The van der Waals surface area contributed by atoms with Gasteiger partial charge in [-0.1, -0.05) is 0 Å². The Morgan fingerprint density at radius 2 is 1.11 bits per heavy atom.